The van der Waals surface area contributed by atoms with Crippen molar-refractivity contribution in [2.75, 3.05) is 14.1 Å². The molecule has 2 aromatic carbocycles. The first-order valence-corrected chi connectivity index (χ1v) is 9.54. The van der Waals surface area contributed by atoms with Crippen LogP contribution < -0.4 is 5.32 Å². The summed E-state index contributed by atoms with van der Waals surface area (Å²) < 4.78 is 2.15. The molecule has 7 heteroatoms. The smallest absolute Gasteiger partial charge is 0.240 e. The summed E-state index contributed by atoms with van der Waals surface area (Å²) in [6.45, 7) is 3.53. The second-order valence-corrected chi connectivity index (χ2v) is 7.52. The highest BCUT2D eigenvalue weighted by molar-refractivity contribution is 7.71. The van der Waals surface area contributed by atoms with Gasteiger partial charge in [0.15, 0.2) is 10.6 Å². The number of benzene rings is 2. The van der Waals surface area contributed by atoms with E-state index in [-0.39, 0.29) is 12.5 Å². The van der Waals surface area contributed by atoms with Crippen LogP contribution in [0.3, 0.4) is 0 Å². The van der Waals surface area contributed by atoms with E-state index in [1.165, 1.54) is 11.1 Å². The van der Waals surface area contributed by atoms with E-state index in [9.17, 15) is 4.79 Å². The molecular weight excluding hydrogens is 370 g/mol. The molecule has 3 rings (SSSR count). The number of nitrogens with zero attached hydrogens (tertiary/aromatic N) is 3. The third-order valence-electron chi connectivity index (χ3n) is 4.38. The van der Waals surface area contributed by atoms with Crippen LogP contribution in [0, 0.1) is 11.7 Å². The van der Waals surface area contributed by atoms with Crippen LogP contribution in [0.1, 0.15) is 16.7 Å². The molecule has 28 heavy (non-hydrogen) atoms. The number of carbonyl (C=O) groups is 1. The van der Waals surface area contributed by atoms with Crippen LogP contribution in [0.4, 0.5) is 0 Å². The number of H-pyrrole nitrogens is 1. The van der Waals surface area contributed by atoms with Crippen molar-refractivity contribution in [3.63, 3.8) is 0 Å². The highest BCUT2D eigenvalue weighted by Gasteiger charge is 2.12. The Hall–Kier alpha value is -2.77. The van der Waals surface area contributed by atoms with Crippen molar-refractivity contribution in [3.05, 3.63) is 70.0 Å². The third kappa shape index (κ3) is 5.15. The molecule has 0 aliphatic heterocycles. The lowest BCUT2D eigenvalue weighted by molar-refractivity contribution is -0.121. The summed E-state index contributed by atoms with van der Waals surface area (Å²) in [5.74, 6) is 0.552. The highest BCUT2D eigenvalue weighted by Crippen LogP contribution is 2.17. The van der Waals surface area contributed by atoms with Gasteiger partial charge >= 0.3 is 0 Å². The molecule has 1 heterocycles. The number of aromatic nitrogens is 3. The first-order chi connectivity index (χ1) is 13.4. The molecule has 1 aromatic heterocycles. The fraction of sp³-hybridized carbons (Fsp3) is 0.286. The van der Waals surface area contributed by atoms with Gasteiger partial charge in [-0.1, -0.05) is 54.1 Å². The summed E-state index contributed by atoms with van der Waals surface area (Å²) >= 11 is 5.30. The maximum atomic E-state index is 12.5. The Balaban J connectivity index is 1.63. The van der Waals surface area contributed by atoms with Crippen molar-refractivity contribution in [2.24, 2.45) is 0 Å². The first-order valence-electron chi connectivity index (χ1n) is 9.14. The van der Waals surface area contributed by atoms with Gasteiger partial charge in [0.25, 0.3) is 0 Å². The summed E-state index contributed by atoms with van der Waals surface area (Å²) in [4.78, 5) is 14.6. The molecule has 0 spiro atoms. The van der Waals surface area contributed by atoms with Crippen LogP contribution in [0.2, 0.25) is 0 Å². The maximum Gasteiger partial charge on any atom is 0.240 e. The largest absolute Gasteiger partial charge is 0.350 e. The zero-order valence-electron chi connectivity index (χ0n) is 16.4. The minimum absolute atomic E-state index is 0.108. The fourth-order valence-corrected chi connectivity index (χ4v) is 3.11. The predicted molar refractivity (Wildman–Crippen MR) is 113 cm³/mol. The van der Waals surface area contributed by atoms with Crippen LogP contribution in [0.25, 0.3) is 11.4 Å². The average molecular weight is 396 g/mol. The number of nitrogens with one attached hydrogen (secondary N) is 2. The molecule has 2 N–H and O–H groups in total. The number of carbonyl (C=O) groups excluding carboxylic acids is 1. The minimum Gasteiger partial charge on any atom is -0.350 e. The zero-order chi connectivity index (χ0) is 20.1. The monoisotopic (exact) mass is 395 g/mol. The van der Waals surface area contributed by atoms with Crippen molar-refractivity contribution < 1.29 is 4.79 Å². The van der Waals surface area contributed by atoms with Crippen molar-refractivity contribution in [2.45, 2.75) is 26.6 Å². The summed E-state index contributed by atoms with van der Waals surface area (Å²) in [6.07, 6.45) is 0. The van der Waals surface area contributed by atoms with E-state index in [0.29, 0.717) is 17.1 Å². The van der Waals surface area contributed by atoms with Gasteiger partial charge in [-0.25, -0.2) is 0 Å². The first kappa shape index (κ1) is 20.0. The Morgan fingerprint density at radius 2 is 1.75 bits per heavy atom. The lowest BCUT2D eigenvalue weighted by atomic mass is 10.1. The van der Waals surface area contributed by atoms with E-state index in [1.807, 2.05) is 57.4 Å². The Labute approximate surface area is 170 Å². The Bertz CT molecular complexity index is 987. The molecule has 0 atom stereocenters. The predicted octanol–water partition coefficient (Wildman–Crippen LogP) is 3.29. The third-order valence-corrected chi connectivity index (χ3v) is 4.69. The van der Waals surface area contributed by atoms with Crippen LogP contribution in [-0.2, 0) is 24.4 Å². The fourth-order valence-electron chi connectivity index (χ4n) is 2.92. The standard InChI is InChI=1S/C21H25N5OS/c1-15-4-10-18(11-5-15)20-23-24-21(28)26(20)14-19(27)22-12-16-6-8-17(9-7-16)13-25(2)3/h4-11H,12-14H2,1-3H3,(H,22,27)(H,24,28). The summed E-state index contributed by atoms with van der Waals surface area (Å²) in [7, 11) is 4.08. The van der Waals surface area contributed by atoms with Crippen LogP contribution in [-0.4, -0.2) is 39.7 Å². The van der Waals surface area contributed by atoms with E-state index < -0.39 is 0 Å². The van der Waals surface area contributed by atoms with Gasteiger partial charge in [-0.3, -0.25) is 14.5 Å². The molecule has 146 valence electrons. The lowest BCUT2D eigenvalue weighted by Crippen LogP contribution is -2.27. The van der Waals surface area contributed by atoms with Gasteiger partial charge in [0.1, 0.15) is 6.54 Å². The van der Waals surface area contributed by atoms with Crippen LogP contribution in [0.5, 0.6) is 0 Å². The topological polar surface area (TPSA) is 66.0 Å². The number of rotatable bonds is 7. The Morgan fingerprint density at radius 3 is 2.39 bits per heavy atom. The Kier molecular flexibility index (Phi) is 6.38. The molecule has 0 radical (unpaired) electrons. The van der Waals surface area contributed by atoms with E-state index in [1.54, 1.807) is 4.57 Å². The number of aromatic amines is 1. The SMILES string of the molecule is Cc1ccc(-c2n[nH]c(=S)n2CC(=O)NCc2ccc(CN(C)C)cc2)cc1. The van der Waals surface area contributed by atoms with E-state index >= 15 is 0 Å². The molecule has 6 nitrogen and oxygen atoms in total. The maximum absolute atomic E-state index is 12.5. The number of hydrogen-bond acceptors (Lipinski definition) is 4. The van der Waals surface area contributed by atoms with Crippen molar-refractivity contribution in [1.29, 1.82) is 0 Å². The normalized spacial score (nSPS) is 11.0. The lowest BCUT2D eigenvalue weighted by Gasteiger charge is -2.11. The summed E-state index contributed by atoms with van der Waals surface area (Å²) in [6, 6.07) is 16.2. The second-order valence-electron chi connectivity index (χ2n) is 7.14. The summed E-state index contributed by atoms with van der Waals surface area (Å²) in [5.41, 5.74) is 4.39. The van der Waals surface area contributed by atoms with E-state index in [2.05, 4.69) is 32.5 Å². The van der Waals surface area contributed by atoms with Gasteiger partial charge in [0.2, 0.25) is 5.91 Å². The van der Waals surface area contributed by atoms with Gasteiger partial charge < -0.3 is 10.2 Å². The van der Waals surface area contributed by atoms with Gasteiger partial charge in [-0.05, 0) is 44.4 Å². The second kappa shape index (κ2) is 8.95. The molecule has 0 aliphatic rings. The van der Waals surface area contributed by atoms with Gasteiger partial charge in [0.05, 0.1) is 0 Å². The highest BCUT2D eigenvalue weighted by atomic mass is 32.1. The van der Waals surface area contributed by atoms with Crippen LogP contribution >= 0.6 is 12.2 Å². The van der Waals surface area contributed by atoms with Gasteiger partial charge in [-0.15, -0.1) is 0 Å². The van der Waals surface area contributed by atoms with Crippen molar-refractivity contribution >= 4 is 18.1 Å². The van der Waals surface area contributed by atoms with Crippen molar-refractivity contribution in [3.8, 4) is 11.4 Å². The van der Waals surface area contributed by atoms with E-state index in [4.69, 9.17) is 12.2 Å². The molecule has 0 fully saturated rings. The molecule has 1 amide bonds. The molecular formula is C21H25N5OS. The number of amides is 1. The Morgan fingerprint density at radius 1 is 1.11 bits per heavy atom. The quantitative estimate of drug-likeness (QED) is 0.603. The molecule has 0 aliphatic carbocycles. The molecule has 3 aromatic rings. The van der Waals surface area contributed by atoms with Crippen molar-refractivity contribution in [1.82, 2.24) is 25.0 Å². The number of hydrogen-bond donors (Lipinski definition) is 2. The molecule has 0 unspecified atom stereocenters. The van der Waals surface area contributed by atoms with E-state index in [0.717, 1.165) is 17.7 Å². The molecule has 0 saturated heterocycles. The van der Waals surface area contributed by atoms with Crippen LogP contribution in [0.15, 0.2) is 48.5 Å². The number of aryl methyl sites for hydroxylation is 1. The zero-order valence-corrected chi connectivity index (χ0v) is 17.2. The molecule has 0 saturated carbocycles. The summed E-state index contributed by atoms with van der Waals surface area (Å²) in [5, 5.41) is 10.0. The molecule has 0 bridgehead atoms. The minimum atomic E-state index is -0.108. The van der Waals surface area contributed by atoms with Gasteiger partial charge in [0, 0.05) is 18.7 Å². The van der Waals surface area contributed by atoms with Gasteiger partial charge in [-0.2, -0.15) is 5.10 Å². The average Bonchev–Trinajstić information content (AvgIpc) is 3.02.